The summed E-state index contributed by atoms with van der Waals surface area (Å²) in [5.74, 6) is 2.38. The van der Waals surface area contributed by atoms with E-state index in [2.05, 4.69) is 37.2 Å². The number of benzene rings is 1. The van der Waals surface area contributed by atoms with Gasteiger partial charge in [0.05, 0.1) is 12.2 Å². The molecular weight excluding hydrogens is 378 g/mol. The van der Waals surface area contributed by atoms with Crippen molar-refractivity contribution < 1.29 is 13.9 Å². The first-order valence-electron chi connectivity index (χ1n) is 5.79. The Labute approximate surface area is 127 Å². The summed E-state index contributed by atoms with van der Waals surface area (Å²) in [4.78, 5) is 0. The van der Waals surface area contributed by atoms with E-state index in [1.807, 2.05) is 24.3 Å². The topological polar surface area (TPSA) is 43.6 Å². The first-order valence-corrected chi connectivity index (χ1v) is 7.38. The van der Waals surface area contributed by atoms with Crippen LogP contribution in [0.2, 0.25) is 0 Å². The Morgan fingerprint density at radius 3 is 2.47 bits per heavy atom. The molecule has 3 rings (SSSR count). The number of hydrogen-bond donors (Lipinski definition) is 1. The molecule has 1 aliphatic heterocycles. The second-order valence-electron chi connectivity index (χ2n) is 4.04. The normalized spacial score (nSPS) is 13.4. The number of furan rings is 1. The van der Waals surface area contributed by atoms with Crippen LogP contribution in [0.5, 0.6) is 11.5 Å². The summed E-state index contributed by atoms with van der Waals surface area (Å²) in [6.45, 7) is 1.77. The molecule has 0 spiro atoms. The van der Waals surface area contributed by atoms with Crippen molar-refractivity contribution in [1.82, 2.24) is 0 Å². The molecule has 0 fully saturated rings. The van der Waals surface area contributed by atoms with E-state index in [0.717, 1.165) is 32.1 Å². The molecule has 0 bridgehead atoms. The summed E-state index contributed by atoms with van der Waals surface area (Å²) in [5, 5.41) is 3.30. The summed E-state index contributed by atoms with van der Waals surface area (Å²) >= 11 is 6.80. The van der Waals surface area contributed by atoms with Crippen LogP contribution in [0.4, 0.5) is 5.69 Å². The van der Waals surface area contributed by atoms with Gasteiger partial charge < -0.3 is 19.2 Å². The van der Waals surface area contributed by atoms with E-state index in [0.29, 0.717) is 19.8 Å². The molecule has 0 radical (unpaired) electrons. The van der Waals surface area contributed by atoms with E-state index in [-0.39, 0.29) is 0 Å². The van der Waals surface area contributed by atoms with Crippen LogP contribution in [-0.2, 0) is 6.54 Å². The number of ether oxygens (including phenoxy) is 2. The largest absolute Gasteiger partial charge is 0.486 e. The average Bonchev–Trinajstić information content (AvgIpc) is 2.82. The summed E-state index contributed by atoms with van der Waals surface area (Å²) in [6, 6.07) is 7.63. The second kappa shape index (κ2) is 5.46. The van der Waals surface area contributed by atoms with Gasteiger partial charge in [-0.3, -0.25) is 0 Å². The van der Waals surface area contributed by atoms with E-state index < -0.39 is 0 Å². The van der Waals surface area contributed by atoms with Crippen molar-refractivity contribution in [3.63, 3.8) is 0 Å². The lowest BCUT2D eigenvalue weighted by molar-refractivity contribution is 0.171. The third-order valence-corrected chi connectivity index (χ3v) is 3.80. The van der Waals surface area contributed by atoms with Gasteiger partial charge in [-0.15, -0.1) is 0 Å². The summed E-state index contributed by atoms with van der Waals surface area (Å²) in [5.41, 5.74) is 0.941. The zero-order valence-corrected chi connectivity index (χ0v) is 13.1. The molecule has 2 heterocycles. The summed E-state index contributed by atoms with van der Waals surface area (Å²) in [7, 11) is 0. The maximum Gasteiger partial charge on any atom is 0.169 e. The fourth-order valence-corrected chi connectivity index (χ4v) is 2.63. The molecule has 0 amide bonds. The highest BCUT2D eigenvalue weighted by Gasteiger charge is 2.14. The van der Waals surface area contributed by atoms with Crippen molar-refractivity contribution >= 4 is 37.5 Å². The zero-order valence-electron chi connectivity index (χ0n) is 9.91. The summed E-state index contributed by atoms with van der Waals surface area (Å²) in [6.07, 6.45) is 0. The molecule has 0 saturated heterocycles. The minimum absolute atomic E-state index is 0.583. The number of anilines is 1. The smallest absolute Gasteiger partial charge is 0.169 e. The molecule has 0 atom stereocenters. The predicted octanol–water partition coefficient (Wildman–Crippen LogP) is 4.19. The Bertz CT molecular complexity index is 598. The van der Waals surface area contributed by atoms with Crippen LogP contribution < -0.4 is 14.8 Å². The Morgan fingerprint density at radius 2 is 1.79 bits per heavy atom. The van der Waals surface area contributed by atoms with Gasteiger partial charge in [0.2, 0.25) is 0 Å². The second-order valence-corrected chi connectivity index (χ2v) is 5.67. The van der Waals surface area contributed by atoms with Crippen molar-refractivity contribution in [1.29, 1.82) is 0 Å². The van der Waals surface area contributed by atoms with Gasteiger partial charge in [-0.2, -0.15) is 0 Å². The Morgan fingerprint density at radius 1 is 1.05 bits per heavy atom. The number of halogens is 2. The molecule has 0 saturated carbocycles. The summed E-state index contributed by atoms with van der Waals surface area (Å²) < 4.78 is 18.2. The molecule has 0 aliphatic carbocycles. The maximum atomic E-state index is 5.56. The quantitative estimate of drug-likeness (QED) is 0.856. The van der Waals surface area contributed by atoms with Gasteiger partial charge in [-0.05, 0) is 44.0 Å². The molecule has 2 aromatic rings. The van der Waals surface area contributed by atoms with Gasteiger partial charge >= 0.3 is 0 Å². The van der Waals surface area contributed by atoms with E-state index >= 15 is 0 Å². The Balaban J connectivity index is 1.77. The fraction of sp³-hybridized carbons (Fsp3) is 0.231. The van der Waals surface area contributed by atoms with Gasteiger partial charge in [0, 0.05) is 16.6 Å². The molecule has 1 aliphatic rings. The van der Waals surface area contributed by atoms with Gasteiger partial charge in [0.15, 0.2) is 16.2 Å². The third kappa shape index (κ3) is 2.90. The minimum Gasteiger partial charge on any atom is -0.486 e. The van der Waals surface area contributed by atoms with Crippen LogP contribution >= 0.6 is 31.9 Å². The highest BCUT2D eigenvalue weighted by Crippen LogP contribution is 2.38. The molecule has 6 heteroatoms. The monoisotopic (exact) mass is 387 g/mol. The first kappa shape index (κ1) is 12.9. The number of nitrogens with one attached hydrogen (secondary N) is 1. The van der Waals surface area contributed by atoms with Gasteiger partial charge in [-0.1, -0.05) is 0 Å². The van der Waals surface area contributed by atoms with Crippen molar-refractivity contribution in [3.8, 4) is 11.5 Å². The zero-order chi connectivity index (χ0) is 13.2. The Kier molecular flexibility index (Phi) is 3.70. The highest BCUT2D eigenvalue weighted by atomic mass is 79.9. The lowest BCUT2D eigenvalue weighted by Gasteiger charge is -2.20. The SMILES string of the molecule is Brc1ccc(CNc2cc3c(cc2Br)OCCO3)o1. The van der Waals surface area contributed by atoms with Gasteiger partial charge in [0.25, 0.3) is 0 Å². The highest BCUT2D eigenvalue weighted by molar-refractivity contribution is 9.10. The van der Waals surface area contributed by atoms with Crippen LogP contribution in [0, 0.1) is 0 Å². The average molecular weight is 389 g/mol. The Hall–Kier alpha value is -1.14. The van der Waals surface area contributed by atoms with E-state index in [4.69, 9.17) is 13.9 Å². The van der Waals surface area contributed by atoms with E-state index in [9.17, 15) is 0 Å². The fourth-order valence-electron chi connectivity index (χ4n) is 1.83. The number of rotatable bonds is 3. The predicted molar refractivity (Wildman–Crippen MR) is 78.9 cm³/mol. The van der Waals surface area contributed by atoms with Crippen LogP contribution in [0.15, 0.2) is 37.8 Å². The van der Waals surface area contributed by atoms with Crippen LogP contribution in [-0.4, -0.2) is 13.2 Å². The third-order valence-electron chi connectivity index (χ3n) is 2.71. The molecular formula is C13H11Br2NO3. The van der Waals surface area contributed by atoms with Crippen LogP contribution in [0.3, 0.4) is 0 Å². The molecule has 4 nitrogen and oxygen atoms in total. The van der Waals surface area contributed by atoms with Crippen LogP contribution in [0.1, 0.15) is 5.76 Å². The van der Waals surface area contributed by atoms with Crippen molar-refractivity contribution in [2.75, 3.05) is 18.5 Å². The van der Waals surface area contributed by atoms with Crippen LogP contribution in [0.25, 0.3) is 0 Å². The molecule has 1 N–H and O–H groups in total. The van der Waals surface area contributed by atoms with Crippen molar-refractivity contribution in [2.45, 2.75) is 6.54 Å². The molecule has 19 heavy (non-hydrogen) atoms. The molecule has 1 aromatic carbocycles. The molecule has 100 valence electrons. The minimum atomic E-state index is 0.583. The number of hydrogen-bond acceptors (Lipinski definition) is 4. The van der Waals surface area contributed by atoms with E-state index in [1.165, 1.54) is 0 Å². The van der Waals surface area contributed by atoms with Crippen molar-refractivity contribution in [3.05, 3.63) is 39.2 Å². The van der Waals surface area contributed by atoms with Crippen molar-refractivity contribution in [2.24, 2.45) is 0 Å². The maximum absolute atomic E-state index is 5.56. The van der Waals surface area contributed by atoms with Gasteiger partial charge in [-0.25, -0.2) is 0 Å². The van der Waals surface area contributed by atoms with Gasteiger partial charge in [0.1, 0.15) is 19.0 Å². The lowest BCUT2D eigenvalue weighted by atomic mass is 10.2. The lowest BCUT2D eigenvalue weighted by Crippen LogP contribution is -2.15. The standard InChI is InChI=1S/C13H11Br2NO3/c14-9-5-11-12(18-4-3-17-11)6-10(9)16-7-8-1-2-13(15)19-8/h1-2,5-6,16H,3-4,7H2. The first-order chi connectivity index (χ1) is 9.22. The molecule has 1 aromatic heterocycles. The molecule has 0 unspecified atom stereocenters. The van der Waals surface area contributed by atoms with E-state index in [1.54, 1.807) is 0 Å². The number of fused-ring (bicyclic) bond motifs is 1.